The third-order valence-electron chi connectivity index (χ3n) is 3.27. The predicted molar refractivity (Wildman–Crippen MR) is 78.4 cm³/mol. The minimum Gasteiger partial charge on any atom is -0.379 e. The molecule has 1 aliphatic rings. The highest BCUT2D eigenvalue weighted by molar-refractivity contribution is 9.10. The van der Waals surface area contributed by atoms with Crippen LogP contribution in [-0.2, 0) is 4.74 Å². The monoisotopic (exact) mass is 326 g/mol. The smallest absolute Gasteiger partial charge is 0.253 e. The SMILES string of the molecule is CN(CCN1CCOCC1)C(=O)c1cccc(Br)c1. The summed E-state index contributed by atoms with van der Waals surface area (Å²) in [6.45, 7) is 5.15. The lowest BCUT2D eigenvalue weighted by Gasteiger charge is -2.28. The standard InChI is InChI=1S/C14H19BrN2O2/c1-16(5-6-17-7-9-19-10-8-17)14(18)12-3-2-4-13(15)11-12/h2-4,11H,5-10H2,1H3. The Labute approximate surface area is 122 Å². The van der Waals surface area contributed by atoms with Crippen molar-refractivity contribution in [3.05, 3.63) is 34.3 Å². The fourth-order valence-corrected chi connectivity index (χ4v) is 2.46. The number of carbonyl (C=O) groups excluding carboxylic acids is 1. The summed E-state index contributed by atoms with van der Waals surface area (Å²) in [4.78, 5) is 16.3. The van der Waals surface area contributed by atoms with E-state index in [-0.39, 0.29) is 5.91 Å². The molecule has 0 saturated carbocycles. The fourth-order valence-electron chi connectivity index (χ4n) is 2.06. The average Bonchev–Trinajstić information content (AvgIpc) is 2.45. The second kappa shape index (κ2) is 7.03. The van der Waals surface area contributed by atoms with Gasteiger partial charge in [0.25, 0.3) is 5.91 Å². The number of carbonyl (C=O) groups is 1. The Bertz CT molecular complexity index is 433. The van der Waals surface area contributed by atoms with Crippen LogP contribution in [0.4, 0.5) is 0 Å². The van der Waals surface area contributed by atoms with Gasteiger partial charge in [-0.1, -0.05) is 22.0 Å². The fraction of sp³-hybridized carbons (Fsp3) is 0.500. The number of amides is 1. The van der Waals surface area contributed by atoms with Crippen molar-refractivity contribution in [3.8, 4) is 0 Å². The number of hydrogen-bond donors (Lipinski definition) is 0. The third-order valence-corrected chi connectivity index (χ3v) is 3.77. The molecule has 1 aliphatic heterocycles. The zero-order chi connectivity index (χ0) is 13.7. The van der Waals surface area contributed by atoms with Crippen molar-refractivity contribution < 1.29 is 9.53 Å². The molecule has 19 heavy (non-hydrogen) atoms. The molecule has 1 fully saturated rings. The van der Waals surface area contributed by atoms with Crippen LogP contribution in [0.1, 0.15) is 10.4 Å². The first-order chi connectivity index (χ1) is 9.16. The topological polar surface area (TPSA) is 32.8 Å². The molecular formula is C14H19BrN2O2. The molecule has 0 aromatic heterocycles. The van der Waals surface area contributed by atoms with Gasteiger partial charge in [0, 0.05) is 43.3 Å². The molecule has 1 amide bonds. The van der Waals surface area contributed by atoms with Gasteiger partial charge in [0.15, 0.2) is 0 Å². The van der Waals surface area contributed by atoms with Gasteiger partial charge >= 0.3 is 0 Å². The Kier molecular flexibility index (Phi) is 5.36. The van der Waals surface area contributed by atoms with Crippen LogP contribution >= 0.6 is 15.9 Å². The van der Waals surface area contributed by atoms with E-state index in [9.17, 15) is 4.79 Å². The van der Waals surface area contributed by atoms with E-state index in [1.807, 2.05) is 31.3 Å². The van der Waals surface area contributed by atoms with Gasteiger partial charge in [0.2, 0.25) is 0 Å². The Morgan fingerprint density at radius 1 is 1.42 bits per heavy atom. The molecule has 0 N–H and O–H groups in total. The first-order valence-corrected chi connectivity index (χ1v) is 7.27. The van der Waals surface area contributed by atoms with Crippen molar-refractivity contribution in [1.29, 1.82) is 0 Å². The van der Waals surface area contributed by atoms with Crippen molar-refractivity contribution in [2.45, 2.75) is 0 Å². The van der Waals surface area contributed by atoms with Gasteiger partial charge in [-0.3, -0.25) is 9.69 Å². The molecule has 1 aromatic carbocycles. The highest BCUT2D eigenvalue weighted by atomic mass is 79.9. The lowest BCUT2D eigenvalue weighted by atomic mass is 10.2. The average molecular weight is 327 g/mol. The van der Waals surface area contributed by atoms with E-state index in [4.69, 9.17) is 4.74 Å². The van der Waals surface area contributed by atoms with Crippen molar-refractivity contribution >= 4 is 21.8 Å². The zero-order valence-corrected chi connectivity index (χ0v) is 12.7. The Hall–Kier alpha value is -0.910. The van der Waals surface area contributed by atoms with E-state index in [0.717, 1.165) is 49.4 Å². The minimum atomic E-state index is 0.0644. The Morgan fingerprint density at radius 2 is 2.16 bits per heavy atom. The van der Waals surface area contributed by atoms with Gasteiger partial charge in [-0.15, -0.1) is 0 Å². The van der Waals surface area contributed by atoms with Crippen LogP contribution in [0.15, 0.2) is 28.7 Å². The van der Waals surface area contributed by atoms with Crippen LogP contribution in [0, 0.1) is 0 Å². The molecular weight excluding hydrogens is 308 g/mol. The molecule has 1 aromatic rings. The zero-order valence-electron chi connectivity index (χ0n) is 11.1. The normalized spacial score (nSPS) is 16.3. The van der Waals surface area contributed by atoms with Crippen LogP contribution in [0.2, 0.25) is 0 Å². The summed E-state index contributed by atoms with van der Waals surface area (Å²) in [7, 11) is 1.85. The van der Waals surface area contributed by atoms with Crippen molar-refractivity contribution in [2.75, 3.05) is 46.4 Å². The summed E-state index contributed by atoms with van der Waals surface area (Å²) >= 11 is 3.39. The van der Waals surface area contributed by atoms with Gasteiger partial charge in [-0.25, -0.2) is 0 Å². The van der Waals surface area contributed by atoms with E-state index in [1.165, 1.54) is 0 Å². The molecule has 1 heterocycles. The molecule has 0 spiro atoms. The first-order valence-electron chi connectivity index (χ1n) is 6.48. The lowest BCUT2D eigenvalue weighted by Crippen LogP contribution is -2.41. The number of rotatable bonds is 4. The van der Waals surface area contributed by atoms with Crippen molar-refractivity contribution in [2.24, 2.45) is 0 Å². The van der Waals surface area contributed by atoms with E-state index in [1.54, 1.807) is 4.90 Å². The van der Waals surface area contributed by atoms with Gasteiger partial charge in [0.05, 0.1) is 13.2 Å². The van der Waals surface area contributed by atoms with E-state index >= 15 is 0 Å². The number of hydrogen-bond acceptors (Lipinski definition) is 3. The lowest BCUT2D eigenvalue weighted by molar-refractivity contribution is 0.0338. The number of morpholine rings is 1. The minimum absolute atomic E-state index is 0.0644. The summed E-state index contributed by atoms with van der Waals surface area (Å²) in [5, 5.41) is 0. The first kappa shape index (κ1) is 14.5. The number of nitrogens with zero attached hydrogens (tertiary/aromatic N) is 2. The van der Waals surface area contributed by atoms with Crippen LogP contribution in [0.25, 0.3) is 0 Å². The summed E-state index contributed by atoms with van der Waals surface area (Å²) in [5.74, 6) is 0.0644. The number of halogens is 1. The number of likely N-dealkylation sites (N-methyl/N-ethyl adjacent to an activating group) is 1. The highest BCUT2D eigenvalue weighted by Crippen LogP contribution is 2.13. The summed E-state index contributed by atoms with van der Waals surface area (Å²) in [6.07, 6.45) is 0. The van der Waals surface area contributed by atoms with Crippen LogP contribution in [0.3, 0.4) is 0 Å². The Balaban J connectivity index is 1.85. The van der Waals surface area contributed by atoms with E-state index in [2.05, 4.69) is 20.8 Å². The molecule has 0 bridgehead atoms. The maximum absolute atomic E-state index is 12.2. The molecule has 4 nitrogen and oxygen atoms in total. The second-order valence-corrected chi connectivity index (χ2v) is 5.61. The van der Waals surface area contributed by atoms with Crippen LogP contribution < -0.4 is 0 Å². The maximum Gasteiger partial charge on any atom is 0.253 e. The molecule has 1 saturated heterocycles. The molecule has 2 rings (SSSR count). The molecule has 0 radical (unpaired) electrons. The molecule has 104 valence electrons. The summed E-state index contributed by atoms with van der Waals surface area (Å²) in [5.41, 5.74) is 0.721. The highest BCUT2D eigenvalue weighted by Gasteiger charge is 2.15. The van der Waals surface area contributed by atoms with Crippen molar-refractivity contribution in [3.63, 3.8) is 0 Å². The number of benzene rings is 1. The molecule has 5 heteroatoms. The second-order valence-electron chi connectivity index (χ2n) is 4.69. The Morgan fingerprint density at radius 3 is 2.84 bits per heavy atom. The predicted octanol–water partition coefficient (Wildman–Crippen LogP) is 1.85. The number of ether oxygens (including phenoxy) is 1. The molecule has 0 aliphatic carbocycles. The van der Waals surface area contributed by atoms with E-state index in [0.29, 0.717) is 0 Å². The molecule has 0 atom stereocenters. The van der Waals surface area contributed by atoms with Crippen LogP contribution in [0.5, 0.6) is 0 Å². The quantitative estimate of drug-likeness (QED) is 0.846. The third kappa shape index (κ3) is 4.30. The van der Waals surface area contributed by atoms with Gasteiger partial charge < -0.3 is 9.64 Å². The summed E-state index contributed by atoms with van der Waals surface area (Å²) in [6, 6.07) is 7.50. The van der Waals surface area contributed by atoms with Crippen molar-refractivity contribution in [1.82, 2.24) is 9.80 Å². The molecule has 0 unspecified atom stereocenters. The maximum atomic E-state index is 12.2. The van der Waals surface area contributed by atoms with Gasteiger partial charge in [-0.05, 0) is 18.2 Å². The summed E-state index contributed by atoms with van der Waals surface area (Å²) < 4.78 is 6.24. The van der Waals surface area contributed by atoms with Crippen LogP contribution in [-0.4, -0.2) is 62.1 Å². The van der Waals surface area contributed by atoms with E-state index < -0.39 is 0 Å². The van der Waals surface area contributed by atoms with Gasteiger partial charge in [-0.2, -0.15) is 0 Å². The largest absolute Gasteiger partial charge is 0.379 e. The van der Waals surface area contributed by atoms with Gasteiger partial charge in [0.1, 0.15) is 0 Å².